The molecule has 2 aromatic rings. The molecule has 170 valence electrons. The van der Waals surface area contributed by atoms with Crippen molar-refractivity contribution in [3.63, 3.8) is 0 Å². The van der Waals surface area contributed by atoms with Crippen molar-refractivity contribution >= 4 is 46.9 Å². The zero-order chi connectivity index (χ0) is 23.3. The molecule has 5 rings (SSSR count). The van der Waals surface area contributed by atoms with Gasteiger partial charge in [-0.1, -0.05) is 41.4 Å². The number of allylic oxidation sites excluding steroid dienone is 2. The molecule has 2 bridgehead atoms. The lowest BCUT2D eigenvalue weighted by atomic mass is 9.85. The van der Waals surface area contributed by atoms with Gasteiger partial charge in [0.1, 0.15) is 12.4 Å². The number of fused-ring (bicyclic) bond motifs is 5. The molecule has 2 aromatic carbocycles. The first-order valence-corrected chi connectivity index (χ1v) is 11.6. The fourth-order valence-electron chi connectivity index (χ4n) is 4.95. The molecule has 8 heteroatoms. The van der Waals surface area contributed by atoms with Crippen molar-refractivity contribution in [2.75, 3.05) is 19.0 Å². The van der Waals surface area contributed by atoms with Crippen LogP contribution in [0.4, 0.5) is 5.69 Å². The van der Waals surface area contributed by atoms with Crippen LogP contribution in [0.5, 0.6) is 5.75 Å². The summed E-state index contributed by atoms with van der Waals surface area (Å²) < 4.78 is 6.08. The third kappa shape index (κ3) is 3.91. The van der Waals surface area contributed by atoms with Crippen molar-refractivity contribution in [3.05, 3.63) is 69.7 Å². The summed E-state index contributed by atoms with van der Waals surface area (Å²) in [6, 6.07) is 10.9. The van der Waals surface area contributed by atoms with E-state index in [0.717, 1.165) is 22.7 Å². The van der Waals surface area contributed by atoms with E-state index in [0.29, 0.717) is 21.4 Å². The van der Waals surface area contributed by atoms with Crippen molar-refractivity contribution in [2.24, 2.45) is 28.8 Å². The molecule has 0 radical (unpaired) electrons. The highest BCUT2D eigenvalue weighted by Gasteiger charge is 2.59. The normalized spacial score (nSPS) is 25.4. The lowest BCUT2D eigenvalue weighted by Crippen LogP contribution is -2.28. The summed E-state index contributed by atoms with van der Waals surface area (Å²) in [7, 11) is 3.87. The van der Waals surface area contributed by atoms with Crippen molar-refractivity contribution in [1.29, 1.82) is 0 Å². The molecular weight excluding hydrogens is 461 g/mol. The SMILES string of the molecule is CN(C)c1ccc(C=NN2C(=O)[C@@H]3[C@H](C2=O)[C@H]2C=C[C@H]3C2)c(OCc2ccc(Cl)cc2Cl)c1. The average Bonchev–Trinajstić information content (AvgIpc) is 3.46. The van der Waals surface area contributed by atoms with E-state index in [1.807, 2.05) is 43.3 Å². The molecule has 1 saturated carbocycles. The number of halogens is 2. The van der Waals surface area contributed by atoms with E-state index in [2.05, 4.69) is 17.3 Å². The van der Waals surface area contributed by atoms with Crippen LogP contribution in [0.15, 0.2) is 53.7 Å². The molecule has 0 N–H and O–H groups in total. The highest BCUT2D eigenvalue weighted by molar-refractivity contribution is 6.35. The summed E-state index contributed by atoms with van der Waals surface area (Å²) in [5.74, 6) is -0.0981. The molecule has 1 saturated heterocycles. The number of anilines is 1. The van der Waals surface area contributed by atoms with Crippen LogP contribution in [0.1, 0.15) is 17.5 Å². The van der Waals surface area contributed by atoms with Crippen LogP contribution in [0, 0.1) is 23.7 Å². The smallest absolute Gasteiger partial charge is 0.254 e. The lowest BCUT2D eigenvalue weighted by molar-refractivity contribution is -0.140. The molecule has 2 aliphatic carbocycles. The van der Waals surface area contributed by atoms with Gasteiger partial charge in [0.05, 0.1) is 18.1 Å². The van der Waals surface area contributed by atoms with Crippen LogP contribution >= 0.6 is 23.2 Å². The maximum absolute atomic E-state index is 12.9. The molecular formula is C25H23Cl2N3O3. The number of hydrogen-bond acceptors (Lipinski definition) is 5. The van der Waals surface area contributed by atoms with E-state index in [1.54, 1.807) is 12.1 Å². The third-order valence-electron chi connectivity index (χ3n) is 6.67. The Hall–Kier alpha value is -2.83. The van der Waals surface area contributed by atoms with Gasteiger partial charge in [-0.05, 0) is 42.5 Å². The summed E-state index contributed by atoms with van der Waals surface area (Å²) in [4.78, 5) is 27.8. The molecule has 2 amide bonds. The number of benzene rings is 2. The van der Waals surface area contributed by atoms with Crippen LogP contribution in [0.25, 0.3) is 0 Å². The fraction of sp³-hybridized carbons (Fsp3) is 0.320. The third-order valence-corrected chi connectivity index (χ3v) is 7.26. The Kier molecular flexibility index (Phi) is 5.67. The van der Waals surface area contributed by atoms with Crippen LogP contribution in [0.3, 0.4) is 0 Å². The standard InChI is InChI=1S/C25H23Cl2N3O3/c1-29(2)19-8-6-16(21(11-19)33-13-17-5-7-18(26)10-20(17)27)12-28-30-24(31)22-14-3-4-15(9-14)23(22)25(30)32/h3-8,10-12,14-15,22-23H,9,13H2,1-2H3/t14-,15-,22-,23+/m0/s1. The minimum absolute atomic E-state index is 0.152. The van der Waals surface area contributed by atoms with Crippen LogP contribution in [-0.4, -0.2) is 37.1 Å². The highest BCUT2D eigenvalue weighted by Crippen LogP contribution is 2.52. The predicted octanol–water partition coefficient (Wildman–Crippen LogP) is 4.78. The predicted molar refractivity (Wildman–Crippen MR) is 129 cm³/mol. The van der Waals surface area contributed by atoms with Gasteiger partial charge >= 0.3 is 0 Å². The van der Waals surface area contributed by atoms with E-state index in [4.69, 9.17) is 27.9 Å². The zero-order valence-corrected chi connectivity index (χ0v) is 19.8. The van der Waals surface area contributed by atoms with Gasteiger partial charge in [-0.2, -0.15) is 10.1 Å². The second kappa shape index (κ2) is 8.50. The van der Waals surface area contributed by atoms with Crippen LogP contribution in [0.2, 0.25) is 10.0 Å². The molecule has 0 spiro atoms. The van der Waals surface area contributed by atoms with Crippen LogP contribution < -0.4 is 9.64 Å². The van der Waals surface area contributed by atoms with Crippen molar-refractivity contribution in [3.8, 4) is 5.75 Å². The number of carbonyl (C=O) groups excluding carboxylic acids is 2. The van der Waals surface area contributed by atoms with E-state index < -0.39 is 0 Å². The van der Waals surface area contributed by atoms with Gasteiger partial charge in [-0.25, -0.2) is 0 Å². The zero-order valence-electron chi connectivity index (χ0n) is 18.2. The summed E-state index contributed by atoms with van der Waals surface area (Å²) in [6.07, 6.45) is 6.54. The summed E-state index contributed by atoms with van der Waals surface area (Å²) >= 11 is 12.3. The Labute approximate surface area is 202 Å². The molecule has 1 heterocycles. The Morgan fingerprint density at radius 1 is 1.06 bits per heavy atom. The minimum Gasteiger partial charge on any atom is -0.488 e. The Morgan fingerprint density at radius 3 is 2.39 bits per heavy atom. The molecule has 33 heavy (non-hydrogen) atoms. The average molecular weight is 484 g/mol. The number of amides is 2. The van der Waals surface area contributed by atoms with Crippen molar-refractivity contribution in [2.45, 2.75) is 13.0 Å². The first-order chi connectivity index (χ1) is 15.8. The number of hydrogen-bond donors (Lipinski definition) is 0. The topological polar surface area (TPSA) is 62.2 Å². The number of hydrazone groups is 1. The molecule has 3 aliphatic rings. The number of carbonyl (C=O) groups is 2. The minimum atomic E-state index is -0.275. The van der Waals surface area contributed by atoms with Gasteiger partial charge in [0, 0.05) is 47.0 Å². The van der Waals surface area contributed by atoms with Gasteiger partial charge in [0.15, 0.2) is 0 Å². The monoisotopic (exact) mass is 483 g/mol. The van der Waals surface area contributed by atoms with Crippen molar-refractivity contribution in [1.82, 2.24) is 5.01 Å². The number of imide groups is 1. The lowest BCUT2D eigenvalue weighted by Gasteiger charge is -2.17. The highest BCUT2D eigenvalue weighted by atomic mass is 35.5. The summed E-state index contributed by atoms with van der Waals surface area (Å²) in [6.45, 7) is 0.231. The Bertz CT molecular complexity index is 1160. The largest absolute Gasteiger partial charge is 0.488 e. The number of nitrogens with zero attached hydrogens (tertiary/aromatic N) is 3. The Morgan fingerprint density at radius 2 is 1.76 bits per heavy atom. The van der Waals surface area contributed by atoms with E-state index >= 15 is 0 Å². The number of rotatable bonds is 6. The molecule has 1 aliphatic heterocycles. The van der Waals surface area contributed by atoms with E-state index in [9.17, 15) is 9.59 Å². The van der Waals surface area contributed by atoms with Gasteiger partial charge in [-0.15, -0.1) is 0 Å². The summed E-state index contributed by atoms with van der Waals surface area (Å²) in [5.41, 5.74) is 2.39. The second-order valence-electron chi connectivity index (χ2n) is 8.87. The van der Waals surface area contributed by atoms with E-state index in [-0.39, 0.29) is 42.1 Å². The van der Waals surface area contributed by atoms with Crippen molar-refractivity contribution < 1.29 is 14.3 Å². The van der Waals surface area contributed by atoms with Gasteiger partial charge < -0.3 is 9.64 Å². The van der Waals surface area contributed by atoms with E-state index in [1.165, 1.54) is 6.21 Å². The van der Waals surface area contributed by atoms with Gasteiger partial charge in [0.25, 0.3) is 11.8 Å². The van der Waals surface area contributed by atoms with Gasteiger partial charge in [-0.3, -0.25) is 9.59 Å². The molecule has 0 unspecified atom stereocenters. The summed E-state index contributed by atoms with van der Waals surface area (Å²) in [5, 5.41) is 6.41. The van der Waals surface area contributed by atoms with Gasteiger partial charge in [0.2, 0.25) is 0 Å². The molecule has 0 aromatic heterocycles. The maximum Gasteiger partial charge on any atom is 0.254 e. The fourth-order valence-corrected chi connectivity index (χ4v) is 5.41. The second-order valence-corrected chi connectivity index (χ2v) is 9.72. The Balaban J connectivity index is 1.39. The molecule has 6 nitrogen and oxygen atoms in total. The first-order valence-electron chi connectivity index (χ1n) is 10.8. The maximum atomic E-state index is 12.9. The molecule has 2 fully saturated rings. The molecule has 4 atom stereocenters. The quantitative estimate of drug-likeness (QED) is 0.337. The number of ether oxygens (including phenoxy) is 1. The first kappa shape index (κ1) is 22.0. The van der Waals surface area contributed by atoms with Crippen LogP contribution in [-0.2, 0) is 16.2 Å².